The number of rotatable bonds is 4. The van der Waals surface area contributed by atoms with E-state index in [0.29, 0.717) is 19.6 Å². The molecule has 2 aromatic rings. The van der Waals surface area contributed by atoms with Crippen LogP contribution in [0.2, 0.25) is 0 Å². The van der Waals surface area contributed by atoms with Crippen LogP contribution in [-0.4, -0.2) is 33.0 Å². The van der Waals surface area contributed by atoms with Crippen LogP contribution in [0.5, 0.6) is 0 Å². The SMILES string of the molecule is Cc1ccccc1Cn1ccc(=O)n(CC(=O)N2CCCCCC2)c1=O. The Bertz CT molecular complexity index is 890. The highest BCUT2D eigenvalue weighted by Crippen LogP contribution is 2.10. The number of carbonyl (C=O) groups excluding carboxylic acids is 1. The van der Waals surface area contributed by atoms with Crippen LogP contribution in [-0.2, 0) is 17.9 Å². The van der Waals surface area contributed by atoms with Gasteiger partial charge in [0.15, 0.2) is 0 Å². The summed E-state index contributed by atoms with van der Waals surface area (Å²) in [6, 6.07) is 9.17. The van der Waals surface area contributed by atoms with E-state index in [1.807, 2.05) is 31.2 Å². The predicted molar refractivity (Wildman–Crippen MR) is 100 cm³/mol. The summed E-state index contributed by atoms with van der Waals surface area (Å²) in [6.45, 7) is 3.59. The highest BCUT2D eigenvalue weighted by atomic mass is 16.2. The number of hydrogen-bond donors (Lipinski definition) is 0. The summed E-state index contributed by atoms with van der Waals surface area (Å²) in [7, 11) is 0. The van der Waals surface area contributed by atoms with Crippen molar-refractivity contribution in [2.45, 2.75) is 45.7 Å². The normalized spacial score (nSPS) is 14.9. The Morgan fingerprint density at radius 1 is 1.00 bits per heavy atom. The molecule has 0 atom stereocenters. The summed E-state index contributed by atoms with van der Waals surface area (Å²) in [5, 5.41) is 0. The van der Waals surface area contributed by atoms with E-state index < -0.39 is 11.2 Å². The van der Waals surface area contributed by atoms with Crippen LogP contribution in [0.3, 0.4) is 0 Å². The molecule has 0 aliphatic carbocycles. The molecule has 1 aliphatic rings. The lowest BCUT2D eigenvalue weighted by Crippen LogP contribution is -2.44. The van der Waals surface area contributed by atoms with Gasteiger partial charge in [-0.05, 0) is 30.9 Å². The van der Waals surface area contributed by atoms with Crippen molar-refractivity contribution in [1.82, 2.24) is 14.0 Å². The van der Waals surface area contributed by atoms with Crippen molar-refractivity contribution in [2.75, 3.05) is 13.1 Å². The van der Waals surface area contributed by atoms with Crippen molar-refractivity contribution in [2.24, 2.45) is 0 Å². The molecule has 1 aromatic carbocycles. The van der Waals surface area contributed by atoms with Gasteiger partial charge in [-0.15, -0.1) is 0 Å². The summed E-state index contributed by atoms with van der Waals surface area (Å²) in [5.41, 5.74) is 1.22. The van der Waals surface area contributed by atoms with Gasteiger partial charge in [-0.3, -0.25) is 18.7 Å². The quantitative estimate of drug-likeness (QED) is 0.840. The van der Waals surface area contributed by atoms with E-state index in [4.69, 9.17) is 0 Å². The van der Waals surface area contributed by atoms with Crippen molar-refractivity contribution < 1.29 is 4.79 Å². The first kappa shape index (κ1) is 18.2. The molecule has 1 saturated heterocycles. The van der Waals surface area contributed by atoms with Crippen molar-refractivity contribution in [1.29, 1.82) is 0 Å². The lowest BCUT2D eigenvalue weighted by atomic mass is 10.1. The number of nitrogens with zero attached hydrogens (tertiary/aromatic N) is 3. The van der Waals surface area contributed by atoms with Crippen molar-refractivity contribution in [3.63, 3.8) is 0 Å². The summed E-state index contributed by atoms with van der Waals surface area (Å²) >= 11 is 0. The van der Waals surface area contributed by atoms with Gasteiger partial charge in [0.2, 0.25) is 5.91 Å². The zero-order chi connectivity index (χ0) is 18.5. The van der Waals surface area contributed by atoms with Crippen molar-refractivity contribution in [3.8, 4) is 0 Å². The van der Waals surface area contributed by atoms with Crippen LogP contribution in [0.15, 0.2) is 46.1 Å². The molecule has 26 heavy (non-hydrogen) atoms. The largest absolute Gasteiger partial charge is 0.341 e. The fourth-order valence-corrected chi connectivity index (χ4v) is 3.35. The summed E-state index contributed by atoms with van der Waals surface area (Å²) in [6.07, 6.45) is 5.71. The summed E-state index contributed by atoms with van der Waals surface area (Å²) in [4.78, 5) is 39.3. The van der Waals surface area contributed by atoms with E-state index in [-0.39, 0.29) is 12.5 Å². The van der Waals surface area contributed by atoms with Gasteiger partial charge in [0.25, 0.3) is 5.56 Å². The molecular weight excluding hydrogens is 330 g/mol. The van der Waals surface area contributed by atoms with Crippen LogP contribution in [0.1, 0.15) is 36.8 Å². The number of benzene rings is 1. The molecule has 138 valence electrons. The third-order valence-corrected chi connectivity index (χ3v) is 4.99. The van der Waals surface area contributed by atoms with Gasteiger partial charge in [-0.1, -0.05) is 37.1 Å². The third kappa shape index (κ3) is 4.12. The molecule has 0 radical (unpaired) electrons. The number of carbonyl (C=O) groups is 1. The van der Waals surface area contributed by atoms with Gasteiger partial charge in [-0.25, -0.2) is 4.79 Å². The van der Waals surface area contributed by atoms with Gasteiger partial charge in [0, 0.05) is 25.4 Å². The van der Waals surface area contributed by atoms with Gasteiger partial charge >= 0.3 is 5.69 Å². The number of likely N-dealkylation sites (tertiary alicyclic amines) is 1. The van der Waals surface area contributed by atoms with Gasteiger partial charge in [-0.2, -0.15) is 0 Å². The van der Waals surface area contributed by atoms with Crippen LogP contribution in [0.4, 0.5) is 0 Å². The lowest BCUT2D eigenvalue weighted by Gasteiger charge is -2.20. The maximum absolute atomic E-state index is 12.7. The second kappa shape index (κ2) is 8.17. The molecule has 1 fully saturated rings. The molecule has 0 bridgehead atoms. The minimum atomic E-state index is -0.441. The molecule has 2 heterocycles. The van der Waals surface area contributed by atoms with Crippen LogP contribution in [0.25, 0.3) is 0 Å². The van der Waals surface area contributed by atoms with Crippen molar-refractivity contribution >= 4 is 5.91 Å². The fraction of sp³-hybridized carbons (Fsp3) is 0.450. The highest BCUT2D eigenvalue weighted by molar-refractivity contribution is 5.76. The molecule has 1 aromatic heterocycles. The van der Waals surface area contributed by atoms with Crippen LogP contribution >= 0.6 is 0 Å². The highest BCUT2D eigenvalue weighted by Gasteiger charge is 2.18. The smallest absolute Gasteiger partial charge is 0.331 e. The first-order valence-corrected chi connectivity index (χ1v) is 9.19. The Morgan fingerprint density at radius 3 is 2.38 bits per heavy atom. The molecule has 0 unspecified atom stereocenters. The number of hydrogen-bond acceptors (Lipinski definition) is 3. The predicted octanol–water partition coefficient (Wildman–Crippen LogP) is 1.77. The minimum absolute atomic E-state index is 0.153. The molecule has 0 saturated carbocycles. The van der Waals surface area contributed by atoms with E-state index in [1.165, 1.54) is 16.8 Å². The maximum Gasteiger partial charge on any atom is 0.331 e. The first-order valence-electron chi connectivity index (χ1n) is 9.19. The Hall–Kier alpha value is -2.63. The molecular formula is C20H25N3O3. The molecule has 0 N–H and O–H groups in total. The molecule has 3 rings (SSSR count). The maximum atomic E-state index is 12.7. The second-order valence-corrected chi connectivity index (χ2v) is 6.87. The Labute approximate surface area is 152 Å². The fourth-order valence-electron chi connectivity index (χ4n) is 3.35. The Balaban J connectivity index is 1.83. The Morgan fingerprint density at radius 2 is 1.69 bits per heavy atom. The number of aryl methyl sites for hydroxylation is 1. The summed E-state index contributed by atoms with van der Waals surface area (Å²) in [5.74, 6) is -0.153. The van der Waals surface area contributed by atoms with Gasteiger partial charge in [0.1, 0.15) is 6.54 Å². The molecule has 6 heteroatoms. The van der Waals surface area contributed by atoms with Crippen molar-refractivity contribution in [3.05, 3.63) is 68.5 Å². The van der Waals surface area contributed by atoms with Crippen LogP contribution < -0.4 is 11.2 Å². The standard InChI is InChI=1S/C20H25N3O3/c1-16-8-4-5-9-17(16)14-22-13-10-18(24)23(20(22)26)15-19(25)21-11-6-2-3-7-12-21/h4-5,8-10,13H,2-3,6-7,11-12,14-15H2,1H3. The summed E-state index contributed by atoms with van der Waals surface area (Å²) < 4.78 is 2.53. The topological polar surface area (TPSA) is 64.3 Å². The minimum Gasteiger partial charge on any atom is -0.341 e. The van der Waals surface area contributed by atoms with E-state index in [2.05, 4.69) is 0 Å². The lowest BCUT2D eigenvalue weighted by molar-refractivity contribution is -0.131. The Kier molecular flexibility index (Phi) is 5.71. The van der Waals surface area contributed by atoms with Gasteiger partial charge in [0.05, 0.1) is 6.54 Å². The molecule has 0 spiro atoms. The monoisotopic (exact) mass is 355 g/mol. The average molecular weight is 355 g/mol. The zero-order valence-electron chi connectivity index (χ0n) is 15.2. The van der Waals surface area contributed by atoms with Gasteiger partial charge < -0.3 is 4.90 Å². The van der Waals surface area contributed by atoms with E-state index >= 15 is 0 Å². The van der Waals surface area contributed by atoms with E-state index in [0.717, 1.165) is 41.4 Å². The molecule has 1 aliphatic heterocycles. The second-order valence-electron chi connectivity index (χ2n) is 6.87. The van der Waals surface area contributed by atoms with Crippen LogP contribution in [0, 0.1) is 6.92 Å². The van der Waals surface area contributed by atoms with E-state index in [9.17, 15) is 14.4 Å². The first-order chi connectivity index (χ1) is 12.6. The number of amides is 1. The number of aromatic nitrogens is 2. The average Bonchev–Trinajstić information content (AvgIpc) is 2.92. The van der Waals surface area contributed by atoms with E-state index in [1.54, 1.807) is 4.90 Å². The zero-order valence-corrected chi connectivity index (χ0v) is 15.2. The molecule has 6 nitrogen and oxygen atoms in total. The third-order valence-electron chi connectivity index (χ3n) is 4.99. The molecule has 1 amide bonds.